The molecule has 1 N–H and O–H groups in total. The van der Waals surface area contributed by atoms with Crippen molar-refractivity contribution in [3.8, 4) is 0 Å². The van der Waals surface area contributed by atoms with Crippen molar-refractivity contribution in [2.75, 3.05) is 25.9 Å². The van der Waals surface area contributed by atoms with Gasteiger partial charge in [-0.1, -0.05) is 31.7 Å². The molecule has 0 bridgehead atoms. The molecule has 3 heterocycles. The highest BCUT2D eigenvalue weighted by Gasteiger charge is 2.28. The van der Waals surface area contributed by atoms with Crippen LogP contribution in [0.5, 0.6) is 0 Å². The molecule has 1 aliphatic rings. The molecule has 7 nitrogen and oxygen atoms in total. The molecule has 0 atom stereocenters. The third-order valence-corrected chi connectivity index (χ3v) is 6.81. The lowest BCUT2D eigenvalue weighted by atomic mass is 9.95. The van der Waals surface area contributed by atoms with Gasteiger partial charge in [0.1, 0.15) is 5.82 Å². The number of nitrogens with zero attached hydrogens (tertiary/aromatic N) is 4. The number of carbonyl (C=O) groups excluding carboxylic acids is 2. The van der Waals surface area contributed by atoms with Gasteiger partial charge in [0, 0.05) is 38.5 Å². The first-order chi connectivity index (χ1) is 14.5. The largest absolute Gasteiger partial charge is 0.356 e. The lowest BCUT2D eigenvalue weighted by Gasteiger charge is -2.31. The molecule has 0 spiro atoms. The maximum atomic E-state index is 12.5. The van der Waals surface area contributed by atoms with Crippen molar-refractivity contribution in [3.63, 3.8) is 0 Å². The van der Waals surface area contributed by atoms with Crippen LogP contribution in [0.3, 0.4) is 0 Å². The molecule has 2 amide bonds. The van der Waals surface area contributed by atoms with Crippen LogP contribution >= 0.6 is 23.1 Å². The Kier molecular flexibility index (Phi) is 8.32. The van der Waals surface area contributed by atoms with Crippen molar-refractivity contribution in [2.45, 2.75) is 51.2 Å². The molecular formula is C21H31N5O2S2. The minimum absolute atomic E-state index is 0.00919. The quantitative estimate of drug-likeness (QED) is 0.469. The van der Waals surface area contributed by atoms with E-state index in [-0.39, 0.29) is 17.7 Å². The summed E-state index contributed by atoms with van der Waals surface area (Å²) in [5.74, 6) is 1.70. The fourth-order valence-electron chi connectivity index (χ4n) is 3.71. The van der Waals surface area contributed by atoms with E-state index >= 15 is 0 Å². The first-order valence-electron chi connectivity index (χ1n) is 10.6. The second-order valence-corrected chi connectivity index (χ2v) is 9.77. The zero-order valence-corrected chi connectivity index (χ0v) is 19.6. The summed E-state index contributed by atoms with van der Waals surface area (Å²) in [6, 6.07) is 3.75. The Morgan fingerprint density at radius 2 is 2.07 bits per heavy atom. The van der Waals surface area contributed by atoms with Crippen molar-refractivity contribution >= 4 is 34.9 Å². The predicted octanol–water partition coefficient (Wildman–Crippen LogP) is 3.32. The second kappa shape index (κ2) is 10.9. The topological polar surface area (TPSA) is 80.1 Å². The number of carbonyl (C=O) groups is 2. The molecule has 0 saturated carbocycles. The van der Waals surface area contributed by atoms with E-state index in [4.69, 9.17) is 0 Å². The van der Waals surface area contributed by atoms with Gasteiger partial charge in [-0.25, -0.2) is 0 Å². The van der Waals surface area contributed by atoms with Crippen LogP contribution in [-0.4, -0.2) is 57.4 Å². The van der Waals surface area contributed by atoms with Gasteiger partial charge >= 0.3 is 0 Å². The molecule has 164 valence electrons. The summed E-state index contributed by atoms with van der Waals surface area (Å²) in [4.78, 5) is 27.6. The molecule has 1 aliphatic heterocycles. The van der Waals surface area contributed by atoms with Crippen molar-refractivity contribution in [3.05, 3.63) is 28.2 Å². The number of thioether (sulfide) groups is 1. The van der Waals surface area contributed by atoms with Crippen LogP contribution in [0.2, 0.25) is 0 Å². The number of amides is 2. The Bertz CT molecular complexity index is 827. The number of piperidine rings is 1. The molecule has 0 aliphatic carbocycles. The van der Waals surface area contributed by atoms with Gasteiger partial charge in [0.25, 0.3) is 5.91 Å². The Hall–Kier alpha value is -1.87. The van der Waals surface area contributed by atoms with Gasteiger partial charge in [-0.2, -0.15) is 0 Å². The average molecular weight is 450 g/mol. The number of hydrogen-bond donors (Lipinski definition) is 1. The van der Waals surface area contributed by atoms with E-state index in [1.807, 2.05) is 28.7 Å². The number of thiophene rings is 1. The number of aryl methyl sites for hydroxylation is 1. The van der Waals surface area contributed by atoms with E-state index in [9.17, 15) is 9.59 Å². The van der Waals surface area contributed by atoms with Gasteiger partial charge in [-0.3, -0.25) is 9.59 Å². The lowest BCUT2D eigenvalue weighted by molar-refractivity contribution is -0.126. The predicted molar refractivity (Wildman–Crippen MR) is 121 cm³/mol. The van der Waals surface area contributed by atoms with Gasteiger partial charge in [0.05, 0.1) is 4.88 Å². The highest BCUT2D eigenvalue weighted by atomic mass is 32.2. The first-order valence-corrected chi connectivity index (χ1v) is 12.7. The van der Waals surface area contributed by atoms with Gasteiger partial charge in [0.2, 0.25) is 5.91 Å². The van der Waals surface area contributed by atoms with Crippen LogP contribution in [0, 0.1) is 11.8 Å². The number of aromatic nitrogens is 3. The summed E-state index contributed by atoms with van der Waals surface area (Å²) in [5.41, 5.74) is 0. The Morgan fingerprint density at radius 3 is 2.70 bits per heavy atom. The Labute approximate surface area is 186 Å². The number of rotatable bonds is 9. The fraction of sp³-hybridized carbons (Fsp3) is 0.619. The molecule has 30 heavy (non-hydrogen) atoms. The molecule has 3 rings (SSSR count). The number of nitrogens with one attached hydrogen (secondary N) is 1. The van der Waals surface area contributed by atoms with E-state index in [0.29, 0.717) is 25.6 Å². The SMILES string of the molecule is CSc1nnc(CCCNC(=O)C2CCN(C(=O)c3cccs3)CC2)n1CC(C)C. The molecule has 0 radical (unpaired) electrons. The van der Waals surface area contributed by atoms with E-state index < -0.39 is 0 Å². The highest BCUT2D eigenvalue weighted by Crippen LogP contribution is 2.21. The van der Waals surface area contributed by atoms with Crippen molar-refractivity contribution in [1.29, 1.82) is 0 Å². The molecular weight excluding hydrogens is 418 g/mol. The molecule has 1 fully saturated rings. The van der Waals surface area contributed by atoms with Crippen molar-refractivity contribution in [2.24, 2.45) is 11.8 Å². The molecule has 1 saturated heterocycles. The van der Waals surface area contributed by atoms with Crippen LogP contribution in [-0.2, 0) is 17.8 Å². The second-order valence-electron chi connectivity index (χ2n) is 8.05. The molecule has 0 unspecified atom stereocenters. The summed E-state index contributed by atoms with van der Waals surface area (Å²) in [7, 11) is 0. The number of likely N-dealkylation sites (tertiary alicyclic amines) is 1. The molecule has 2 aromatic rings. The Morgan fingerprint density at radius 1 is 1.30 bits per heavy atom. The summed E-state index contributed by atoms with van der Waals surface area (Å²) >= 11 is 3.08. The van der Waals surface area contributed by atoms with Crippen molar-refractivity contribution in [1.82, 2.24) is 25.0 Å². The van der Waals surface area contributed by atoms with Gasteiger partial charge in [-0.15, -0.1) is 21.5 Å². The molecule has 0 aromatic carbocycles. The smallest absolute Gasteiger partial charge is 0.263 e. The average Bonchev–Trinajstić information content (AvgIpc) is 3.41. The maximum Gasteiger partial charge on any atom is 0.263 e. The summed E-state index contributed by atoms with van der Waals surface area (Å²) in [6.45, 7) is 7.21. The van der Waals surface area contributed by atoms with Crippen molar-refractivity contribution < 1.29 is 9.59 Å². The van der Waals surface area contributed by atoms with Crippen LogP contribution in [0.25, 0.3) is 0 Å². The van der Waals surface area contributed by atoms with E-state index in [0.717, 1.165) is 48.1 Å². The summed E-state index contributed by atoms with van der Waals surface area (Å²) in [6.07, 6.45) is 5.11. The van der Waals surface area contributed by atoms with Gasteiger partial charge in [-0.05, 0) is 42.9 Å². The van der Waals surface area contributed by atoms with Crippen LogP contribution in [0.1, 0.15) is 48.6 Å². The maximum absolute atomic E-state index is 12.5. The monoisotopic (exact) mass is 449 g/mol. The summed E-state index contributed by atoms with van der Waals surface area (Å²) in [5, 5.41) is 14.5. The number of hydrogen-bond acceptors (Lipinski definition) is 6. The lowest BCUT2D eigenvalue weighted by Crippen LogP contribution is -2.43. The molecule has 2 aromatic heterocycles. The molecule has 9 heteroatoms. The zero-order valence-electron chi connectivity index (χ0n) is 18.0. The van der Waals surface area contributed by atoms with Crippen LogP contribution in [0.15, 0.2) is 22.7 Å². The third-order valence-electron chi connectivity index (χ3n) is 5.29. The van der Waals surface area contributed by atoms with E-state index in [1.165, 1.54) is 11.3 Å². The minimum Gasteiger partial charge on any atom is -0.356 e. The highest BCUT2D eigenvalue weighted by molar-refractivity contribution is 7.98. The Balaban J connectivity index is 1.40. The third kappa shape index (κ3) is 5.85. The first kappa shape index (κ1) is 22.8. The fourth-order valence-corrected chi connectivity index (χ4v) is 4.92. The standard InChI is InChI=1S/C21H31N5O2S2/c1-15(2)14-26-18(23-24-21(26)29-3)7-4-10-22-19(27)16-8-11-25(12-9-16)20(28)17-6-5-13-30-17/h5-6,13,15-16H,4,7-12,14H2,1-3H3,(H,22,27). The summed E-state index contributed by atoms with van der Waals surface area (Å²) < 4.78 is 2.19. The van der Waals surface area contributed by atoms with E-state index in [2.05, 4.69) is 33.9 Å². The normalized spacial score (nSPS) is 15.0. The minimum atomic E-state index is -0.00919. The van der Waals surface area contributed by atoms with Crippen LogP contribution in [0.4, 0.5) is 0 Å². The zero-order chi connectivity index (χ0) is 21.5. The van der Waals surface area contributed by atoms with E-state index in [1.54, 1.807) is 11.8 Å². The van der Waals surface area contributed by atoms with Crippen LogP contribution < -0.4 is 5.32 Å². The van der Waals surface area contributed by atoms with Gasteiger partial charge in [0.15, 0.2) is 5.16 Å². The van der Waals surface area contributed by atoms with Gasteiger partial charge < -0.3 is 14.8 Å².